The molecule has 2 aromatic rings. The van der Waals surface area contributed by atoms with E-state index in [1.165, 1.54) is 18.2 Å². The highest BCUT2D eigenvalue weighted by Crippen LogP contribution is 2.38. The van der Waals surface area contributed by atoms with Crippen LogP contribution < -0.4 is 11.0 Å². The SMILES string of the molecule is O=c1nc2c(c(-c3ccccc3C(F)(F)F)[nH]1)CCCCN2. The lowest BCUT2D eigenvalue weighted by Crippen LogP contribution is -2.18. The van der Waals surface area contributed by atoms with Gasteiger partial charge in [0.25, 0.3) is 0 Å². The molecule has 0 fully saturated rings. The van der Waals surface area contributed by atoms with Crippen LogP contribution in [0.1, 0.15) is 24.0 Å². The Morgan fingerprint density at radius 1 is 1.14 bits per heavy atom. The van der Waals surface area contributed by atoms with Crippen LogP contribution in [0.4, 0.5) is 19.0 Å². The summed E-state index contributed by atoms with van der Waals surface area (Å²) in [5.41, 5.74) is -0.594. The van der Waals surface area contributed by atoms with Crippen LogP contribution in [-0.2, 0) is 12.6 Å². The normalized spacial score (nSPS) is 14.9. The van der Waals surface area contributed by atoms with Crippen molar-refractivity contribution in [2.24, 2.45) is 0 Å². The van der Waals surface area contributed by atoms with Gasteiger partial charge in [-0.05, 0) is 25.3 Å². The van der Waals surface area contributed by atoms with Crippen LogP contribution in [0.5, 0.6) is 0 Å². The summed E-state index contributed by atoms with van der Waals surface area (Å²) in [4.78, 5) is 18.1. The Morgan fingerprint density at radius 3 is 2.68 bits per heavy atom. The van der Waals surface area contributed by atoms with E-state index >= 15 is 0 Å². The number of rotatable bonds is 1. The van der Waals surface area contributed by atoms with E-state index < -0.39 is 17.4 Å². The number of benzene rings is 1. The third kappa shape index (κ3) is 2.70. The van der Waals surface area contributed by atoms with Gasteiger partial charge in [0.05, 0.1) is 11.3 Å². The van der Waals surface area contributed by atoms with Gasteiger partial charge in [0.2, 0.25) is 0 Å². The lowest BCUT2D eigenvalue weighted by atomic mass is 9.98. The average Bonchev–Trinajstić information content (AvgIpc) is 2.70. The summed E-state index contributed by atoms with van der Waals surface area (Å²) in [7, 11) is 0. The summed E-state index contributed by atoms with van der Waals surface area (Å²) in [5.74, 6) is 0.383. The molecule has 1 aliphatic heterocycles. The number of fused-ring (bicyclic) bond motifs is 1. The molecule has 2 heterocycles. The first-order valence-electron chi connectivity index (χ1n) is 7.00. The molecule has 116 valence electrons. The van der Waals surface area contributed by atoms with E-state index in [9.17, 15) is 18.0 Å². The fourth-order valence-corrected chi connectivity index (χ4v) is 2.70. The van der Waals surface area contributed by atoms with Gasteiger partial charge in [-0.2, -0.15) is 18.2 Å². The summed E-state index contributed by atoms with van der Waals surface area (Å²) in [6, 6.07) is 5.26. The minimum atomic E-state index is -4.48. The highest BCUT2D eigenvalue weighted by Gasteiger charge is 2.34. The van der Waals surface area contributed by atoms with Crippen LogP contribution in [0.2, 0.25) is 0 Å². The maximum atomic E-state index is 13.2. The van der Waals surface area contributed by atoms with Crippen molar-refractivity contribution in [1.82, 2.24) is 9.97 Å². The van der Waals surface area contributed by atoms with Crippen molar-refractivity contribution in [3.63, 3.8) is 0 Å². The maximum absolute atomic E-state index is 13.2. The van der Waals surface area contributed by atoms with Gasteiger partial charge in [-0.25, -0.2) is 4.79 Å². The number of H-pyrrole nitrogens is 1. The largest absolute Gasteiger partial charge is 0.417 e. The van der Waals surface area contributed by atoms with E-state index in [0.717, 1.165) is 18.9 Å². The Labute approximate surface area is 124 Å². The van der Waals surface area contributed by atoms with E-state index in [2.05, 4.69) is 15.3 Å². The van der Waals surface area contributed by atoms with Crippen LogP contribution >= 0.6 is 0 Å². The number of nitrogens with one attached hydrogen (secondary N) is 2. The van der Waals surface area contributed by atoms with E-state index in [4.69, 9.17) is 0 Å². The number of aromatic nitrogens is 2. The molecule has 1 aromatic heterocycles. The zero-order valence-electron chi connectivity index (χ0n) is 11.6. The Hall–Kier alpha value is -2.31. The van der Waals surface area contributed by atoms with Gasteiger partial charge < -0.3 is 10.3 Å². The molecule has 0 bridgehead atoms. The minimum Gasteiger partial charge on any atom is -0.370 e. The second-order valence-corrected chi connectivity index (χ2v) is 5.17. The molecule has 22 heavy (non-hydrogen) atoms. The number of nitrogens with zero attached hydrogens (tertiary/aromatic N) is 1. The number of anilines is 1. The first-order chi connectivity index (χ1) is 10.5. The molecule has 0 unspecified atom stereocenters. The summed E-state index contributed by atoms with van der Waals surface area (Å²) in [5, 5.41) is 3.02. The summed E-state index contributed by atoms with van der Waals surface area (Å²) >= 11 is 0. The van der Waals surface area contributed by atoms with Gasteiger partial charge >= 0.3 is 11.9 Å². The highest BCUT2D eigenvalue weighted by molar-refractivity contribution is 5.71. The molecule has 0 saturated carbocycles. The second-order valence-electron chi connectivity index (χ2n) is 5.17. The van der Waals surface area contributed by atoms with E-state index in [0.29, 0.717) is 24.3 Å². The molecule has 3 rings (SSSR count). The third-order valence-electron chi connectivity index (χ3n) is 3.68. The van der Waals surface area contributed by atoms with Crippen molar-refractivity contribution in [2.45, 2.75) is 25.4 Å². The average molecular weight is 309 g/mol. The number of aromatic amines is 1. The summed E-state index contributed by atoms with van der Waals surface area (Å²) in [6.07, 6.45) is -2.20. The van der Waals surface area contributed by atoms with Gasteiger partial charge in [0.15, 0.2) is 0 Å². The zero-order valence-corrected chi connectivity index (χ0v) is 11.6. The van der Waals surface area contributed by atoms with Gasteiger partial charge in [-0.15, -0.1) is 0 Å². The molecule has 7 heteroatoms. The third-order valence-corrected chi connectivity index (χ3v) is 3.68. The molecule has 1 aliphatic rings. The number of halogens is 3. The van der Waals surface area contributed by atoms with Crippen LogP contribution in [0.15, 0.2) is 29.1 Å². The standard InChI is InChI=1S/C15H14F3N3O/c16-15(17,18)11-7-2-1-5-9(11)12-10-6-3-4-8-19-13(10)21-14(22)20-12/h1-2,5,7H,3-4,6,8H2,(H2,19,20,21,22). The summed E-state index contributed by atoms with van der Waals surface area (Å²) < 4.78 is 39.7. The molecular weight excluding hydrogens is 295 g/mol. The first kappa shape index (κ1) is 14.6. The quantitative estimate of drug-likeness (QED) is 0.850. The van der Waals surface area contributed by atoms with Crippen molar-refractivity contribution in [1.29, 1.82) is 0 Å². The fourth-order valence-electron chi connectivity index (χ4n) is 2.70. The topological polar surface area (TPSA) is 57.8 Å². The van der Waals surface area contributed by atoms with Crippen molar-refractivity contribution in [3.8, 4) is 11.3 Å². The molecular formula is C15H14F3N3O. The van der Waals surface area contributed by atoms with Gasteiger partial charge in [-0.3, -0.25) is 0 Å². The van der Waals surface area contributed by atoms with Crippen LogP contribution in [0, 0.1) is 0 Å². The molecule has 0 saturated heterocycles. The van der Waals surface area contributed by atoms with Crippen molar-refractivity contribution < 1.29 is 13.2 Å². The van der Waals surface area contributed by atoms with Crippen molar-refractivity contribution in [3.05, 3.63) is 45.9 Å². The summed E-state index contributed by atoms with van der Waals surface area (Å²) in [6.45, 7) is 0.657. The molecule has 0 aliphatic carbocycles. The Kier molecular flexibility index (Phi) is 3.64. The van der Waals surface area contributed by atoms with E-state index in [-0.39, 0.29) is 11.3 Å². The Bertz CT molecular complexity index is 752. The zero-order chi connectivity index (χ0) is 15.7. The molecule has 0 spiro atoms. The minimum absolute atomic E-state index is 0.0190. The van der Waals surface area contributed by atoms with Crippen LogP contribution in [0.3, 0.4) is 0 Å². The lowest BCUT2D eigenvalue weighted by molar-refractivity contribution is -0.137. The van der Waals surface area contributed by atoms with Gasteiger partial charge in [0.1, 0.15) is 5.82 Å². The number of hydrogen-bond acceptors (Lipinski definition) is 3. The van der Waals surface area contributed by atoms with Gasteiger partial charge in [-0.1, -0.05) is 18.2 Å². The van der Waals surface area contributed by atoms with Crippen LogP contribution in [-0.4, -0.2) is 16.5 Å². The highest BCUT2D eigenvalue weighted by atomic mass is 19.4. The molecule has 0 amide bonds. The molecule has 1 aromatic carbocycles. The monoisotopic (exact) mass is 309 g/mol. The second kappa shape index (κ2) is 5.47. The fraction of sp³-hybridized carbons (Fsp3) is 0.333. The van der Waals surface area contributed by atoms with Crippen molar-refractivity contribution in [2.75, 3.05) is 11.9 Å². The van der Waals surface area contributed by atoms with Crippen LogP contribution in [0.25, 0.3) is 11.3 Å². The van der Waals surface area contributed by atoms with E-state index in [1.807, 2.05) is 0 Å². The Balaban J connectivity index is 2.26. The molecule has 2 N–H and O–H groups in total. The van der Waals surface area contributed by atoms with E-state index in [1.54, 1.807) is 0 Å². The lowest BCUT2D eigenvalue weighted by Gasteiger charge is -2.16. The Morgan fingerprint density at radius 2 is 1.91 bits per heavy atom. The maximum Gasteiger partial charge on any atom is 0.417 e. The van der Waals surface area contributed by atoms with Gasteiger partial charge in [0, 0.05) is 17.7 Å². The molecule has 0 atom stereocenters. The predicted octanol–water partition coefficient (Wildman–Crippen LogP) is 3.20. The number of hydrogen-bond donors (Lipinski definition) is 2. The first-order valence-corrected chi connectivity index (χ1v) is 7.00. The smallest absolute Gasteiger partial charge is 0.370 e. The predicted molar refractivity (Wildman–Crippen MR) is 76.7 cm³/mol. The molecule has 4 nitrogen and oxygen atoms in total. The number of alkyl halides is 3. The van der Waals surface area contributed by atoms with Crippen molar-refractivity contribution >= 4 is 5.82 Å². The molecule has 0 radical (unpaired) electrons.